The molecule has 0 spiro atoms. The minimum Gasteiger partial charge on any atom is -0.497 e. The van der Waals surface area contributed by atoms with Crippen LogP contribution in [0.1, 0.15) is 24.2 Å². The van der Waals surface area contributed by atoms with Crippen LogP contribution < -0.4 is 10.1 Å². The van der Waals surface area contributed by atoms with Gasteiger partial charge >= 0.3 is 0 Å². The normalized spacial score (nSPS) is 17.0. The van der Waals surface area contributed by atoms with Crippen LogP contribution in [-0.4, -0.2) is 28.2 Å². The standard InChI is InChI=1S/C17H21N3OS/c1-13-16-4-3-9-19(16)10-11-20(13)17(22)18-12-14-5-7-15(21-2)8-6-14/h3-9,13H,10-12H2,1-2H3,(H,18,22). The zero-order chi connectivity index (χ0) is 15.5. The Labute approximate surface area is 136 Å². The molecule has 1 aromatic carbocycles. The summed E-state index contributed by atoms with van der Waals surface area (Å²) < 4.78 is 7.47. The third kappa shape index (κ3) is 2.95. The van der Waals surface area contributed by atoms with Gasteiger partial charge in [0.15, 0.2) is 5.11 Å². The van der Waals surface area contributed by atoms with E-state index in [0.717, 1.165) is 30.5 Å². The van der Waals surface area contributed by atoms with E-state index in [1.807, 2.05) is 12.1 Å². The van der Waals surface area contributed by atoms with Crippen LogP contribution in [0.5, 0.6) is 5.75 Å². The van der Waals surface area contributed by atoms with E-state index in [1.54, 1.807) is 7.11 Å². The van der Waals surface area contributed by atoms with Crippen LogP contribution in [0.4, 0.5) is 0 Å². The molecular formula is C17H21N3OS. The average Bonchev–Trinajstić information content (AvgIpc) is 3.03. The van der Waals surface area contributed by atoms with Gasteiger partial charge in [0, 0.05) is 31.5 Å². The first kappa shape index (κ1) is 14.9. The molecule has 2 aromatic rings. The summed E-state index contributed by atoms with van der Waals surface area (Å²) >= 11 is 5.58. The largest absolute Gasteiger partial charge is 0.497 e. The van der Waals surface area contributed by atoms with E-state index in [2.05, 4.69) is 52.2 Å². The number of rotatable bonds is 3. The quantitative estimate of drug-likeness (QED) is 0.882. The van der Waals surface area contributed by atoms with Crippen LogP contribution in [0.2, 0.25) is 0 Å². The fourth-order valence-electron chi connectivity index (χ4n) is 2.88. The molecule has 2 heterocycles. The molecule has 0 aliphatic carbocycles. The second-order valence-electron chi connectivity index (χ2n) is 5.50. The lowest BCUT2D eigenvalue weighted by Crippen LogP contribution is -2.45. The number of nitrogens with zero attached hydrogens (tertiary/aromatic N) is 2. The maximum absolute atomic E-state index is 5.58. The molecule has 3 rings (SSSR count). The maximum Gasteiger partial charge on any atom is 0.169 e. The highest BCUT2D eigenvalue weighted by atomic mass is 32.1. The summed E-state index contributed by atoms with van der Waals surface area (Å²) in [6, 6.07) is 12.6. The van der Waals surface area contributed by atoms with Gasteiger partial charge in [-0.1, -0.05) is 12.1 Å². The molecule has 0 radical (unpaired) electrons. The van der Waals surface area contributed by atoms with Gasteiger partial charge < -0.3 is 19.5 Å². The molecule has 116 valence electrons. The molecule has 0 amide bonds. The van der Waals surface area contributed by atoms with Crippen molar-refractivity contribution in [1.29, 1.82) is 0 Å². The molecule has 0 saturated carbocycles. The summed E-state index contributed by atoms with van der Waals surface area (Å²) in [4.78, 5) is 2.26. The van der Waals surface area contributed by atoms with Crippen LogP contribution in [-0.2, 0) is 13.1 Å². The molecular weight excluding hydrogens is 294 g/mol. The lowest BCUT2D eigenvalue weighted by atomic mass is 10.1. The molecule has 0 fully saturated rings. The van der Waals surface area contributed by atoms with Crippen molar-refractivity contribution < 1.29 is 4.74 Å². The Balaban J connectivity index is 1.60. The Morgan fingerprint density at radius 1 is 1.27 bits per heavy atom. The Morgan fingerprint density at radius 3 is 2.77 bits per heavy atom. The number of thiocarbonyl (C=S) groups is 1. The van der Waals surface area contributed by atoms with Crippen LogP contribution in [0.15, 0.2) is 42.6 Å². The summed E-state index contributed by atoms with van der Waals surface area (Å²) in [7, 11) is 1.68. The minimum atomic E-state index is 0.305. The first-order valence-corrected chi connectivity index (χ1v) is 7.92. The third-order valence-electron chi connectivity index (χ3n) is 4.21. The number of methoxy groups -OCH3 is 1. The SMILES string of the molecule is COc1ccc(CNC(=S)N2CCn3cccc3C2C)cc1. The molecule has 4 nitrogen and oxygen atoms in total. The molecule has 1 aliphatic rings. The van der Waals surface area contributed by atoms with Gasteiger partial charge in [-0.15, -0.1) is 0 Å². The molecule has 1 N–H and O–H groups in total. The fraction of sp³-hybridized carbons (Fsp3) is 0.353. The second-order valence-corrected chi connectivity index (χ2v) is 5.89. The van der Waals surface area contributed by atoms with Gasteiger partial charge in [0.2, 0.25) is 0 Å². The lowest BCUT2D eigenvalue weighted by Gasteiger charge is -2.36. The maximum atomic E-state index is 5.58. The zero-order valence-corrected chi connectivity index (χ0v) is 13.8. The number of aromatic nitrogens is 1. The first-order chi connectivity index (χ1) is 10.7. The predicted octanol–water partition coefficient (Wildman–Crippen LogP) is 2.95. The summed E-state index contributed by atoms with van der Waals surface area (Å²) in [6.07, 6.45) is 2.14. The van der Waals surface area contributed by atoms with Crippen molar-refractivity contribution in [2.75, 3.05) is 13.7 Å². The van der Waals surface area contributed by atoms with Crippen molar-refractivity contribution in [1.82, 2.24) is 14.8 Å². The van der Waals surface area contributed by atoms with Gasteiger partial charge in [-0.25, -0.2) is 0 Å². The van der Waals surface area contributed by atoms with E-state index in [1.165, 1.54) is 11.3 Å². The highest BCUT2D eigenvalue weighted by Crippen LogP contribution is 2.25. The number of hydrogen-bond donors (Lipinski definition) is 1. The highest BCUT2D eigenvalue weighted by Gasteiger charge is 2.24. The van der Waals surface area contributed by atoms with E-state index >= 15 is 0 Å². The second kappa shape index (κ2) is 6.40. The molecule has 1 atom stereocenters. The van der Waals surface area contributed by atoms with Crippen molar-refractivity contribution in [2.45, 2.75) is 26.1 Å². The van der Waals surface area contributed by atoms with Crippen LogP contribution in [0.3, 0.4) is 0 Å². The number of benzene rings is 1. The highest BCUT2D eigenvalue weighted by molar-refractivity contribution is 7.80. The molecule has 0 saturated heterocycles. The monoisotopic (exact) mass is 315 g/mol. The number of fused-ring (bicyclic) bond motifs is 1. The van der Waals surface area contributed by atoms with Crippen molar-refractivity contribution >= 4 is 17.3 Å². The van der Waals surface area contributed by atoms with Gasteiger partial charge in [0.25, 0.3) is 0 Å². The summed E-state index contributed by atoms with van der Waals surface area (Å²) in [5.74, 6) is 0.872. The van der Waals surface area contributed by atoms with E-state index in [-0.39, 0.29) is 0 Å². The first-order valence-electron chi connectivity index (χ1n) is 7.51. The number of hydrogen-bond acceptors (Lipinski definition) is 2. The minimum absolute atomic E-state index is 0.305. The molecule has 0 bridgehead atoms. The average molecular weight is 315 g/mol. The Hall–Kier alpha value is -2.01. The van der Waals surface area contributed by atoms with Crippen molar-refractivity contribution in [3.8, 4) is 5.75 Å². The van der Waals surface area contributed by atoms with Gasteiger partial charge in [0.05, 0.1) is 13.2 Å². The molecule has 1 unspecified atom stereocenters. The lowest BCUT2D eigenvalue weighted by molar-refractivity contribution is 0.269. The van der Waals surface area contributed by atoms with E-state index in [9.17, 15) is 0 Å². The summed E-state index contributed by atoms with van der Waals surface area (Å²) in [5, 5.41) is 4.18. The fourth-order valence-corrected chi connectivity index (χ4v) is 3.20. The Morgan fingerprint density at radius 2 is 2.05 bits per heavy atom. The van der Waals surface area contributed by atoms with Gasteiger partial charge in [-0.05, 0) is 49.0 Å². The summed E-state index contributed by atoms with van der Waals surface area (Å²) in [6.45, 7) is 4.85. The van der Waals surface area contributed by atoms with E-state index in [0.29, 0.717) is 6.04 Å². The van der Waals surface area contributed by atoms with Crippen LogP contribution in [0.25, 0.3) is 0 Å². The van der Waals surface area contributed by atoms with Gasteiger partial charge in [0.1, 0.15) is 5.75 Å². The Bertz CT molecular complexity index is 650. The van der Waals surface area contributed by atoms with E-state index < -0.39 is 0 Å². The molecule has 5 heteroatoms. The molecule has 22 heavy (non-hydrogen) atoms. The topological polar surface area (TPSA) is 29.4 Å². The zero-order valence-electron chi connectivity index (χ0n) is 13.0. The smallest absolute Gasteiger partial charge is 0.169 e. The number of ether oxygens (including phenoxy) is 1. The third-order valence-corrected chi connectivity index (χ3v) is 4.58. The van der Waals surface area contributed by atoms with Gasteiger partial charge in [-0.3, -0.25) is 0 Å². The van der Waals surface area contributed by atoms with Crippen LogP contribution >= 0.6 is 12.2 Å². The van der Waals surface area contributed by atoms with Crippen molar-refractivity contribution in [3.05, 3.63) is 53.9 Å². The molecule has 1 aliphatic heterocycles. The van der Waals surface area contributed by atoms with Gasteiger partial charge in [-0.2, -0.15) is 0 Å². The number of nitrogens with one attached hydrogen (secondary N) is 1. The van der Waals surface area contributed by atoms with Crippen molar-refractivity contribution in [2.24, 2.45) is 0 Å². The summed E-state index contributed by atoms with van der Waals surface area (Å²) in [5.41, 5.74) is 2.51. The van der Waals surface area contributed by atoms with Crippen molar-refractivity contribution in [3.63, 3.8) is 0 Å². The predicted molar refractivity (Wildman–Crippen MR) is 92.0 cm³/mol. The van der Waals surface area contributed by atoms with Crippen LogP contribution in [0, 0.1) is 0 Å². The molecule has 1 aromatic heterocycles. The van der Waals surface area contributed by atoms with E-state index in [4.69, 9.17) is 17.0 Å². The Kier molecular flexibility index (Phi) is 4.34.